The molecule has 0 aliphatic carbocycles. The first-order valence-corrected chi connectivity index (χ1v) is 8.73. The second kappa shape index (κ2) is 8.51. The summed E-state index contributed by atoms with van der Waals surface area (Å²) in [4.78, 5) is 0. The zero-order valence-electron chi connectivity index (χ0n) is 8.26. The molecule has 0 amide bonds. The average Bonchev–Trinajstić information content (AvgIpc) is 2.15. The van der Waals surface area contributed by atoms with Crippen LogP contribution >= 0.6 is 22.2 Å². The number of rotatable bonds is 8. The van der Waals surface area contributed by atoms with Gasteiger partial charge >= 0.3 is 6.94 Å². The van der Waals surface area contributed by atoms with Crippen molar-refractivity contribution in [2.24, 2.45) is 0 Å². The summed E-state index contributed by atoms with van der Waals surface area (Å²) in [6.45, 7) is 0.944. The molecule has 0 N–H and O–H groups in total. The summed E-state index contributed by atoms with van der Waals surface area (Å²) in [7, 11) is 0. The minimum absolute atomic E-state index is 0.398. The zero-order valence-corrected chi connectivity index (χ0v) is 10.8. The summed E-state index contributed by atoms with van der Waals surface area (Å²) >= 11 is 11.9. The van der Waals surface area contributed by atoms with Crippen LogP contribution in [0.3, 0.4) is 0 Å². The Morgan fingerprint density at radius 2 is 2.00 bits per heavy atom. The summed E-state index contributed by atoms with van der Waals surface area (Å²) in [6, 6.07) is 2.53. The summed E-state index contributed by atoms with van der Waals surface area (Å²) < 4.78 is 10.5. The molecule has 0 saturated carbocycles. The van der Waals surface area contributed by atoms with Crippen molar-refractivity contribution in [2.75, 3.05) is 19.8 Å². The fourth-order valence-electron chi connectivity index (χ4n) is 0.734. The predicted octanol–water partition coefficient (Wildman–Crippen LogP) is 2.76. The number of hydrogen-bond acceptors (Lipinski definition) is 3. The smallest absolute Gasteiger partial charge is 0.391 e. The normalized spacial score (nSPS) is 11.3. The van der Waals surface area contributed by atoms with Crippen molar-refractivity contribution in [2.45, 2.75) is 25.8 Å². The number of hydrogen-bond donors (Lipinski definition) is 0. The van der Waals surface area contributed by atoms with E-state index in [1.54, 1.807) is 0 Å². The van der Waals surface area contributed by atoms with E-state index in [9.17, 15) is 0 Å². The third-order valence-corrected chi connectivity index (χ3v) is 4.61. The van der Waals surface area contributed by atoms with Crippen LogP contribution in [0.15, 0.2) is 0 Å². The van der Waals surface area contributed by atoms with Gasteiger partial charge in [0.2, 0.25) is 0 Å². The van der Waals surface area contributed by atoms with Gasteiger partial charge in [0.1, 0.15) is 0 Å². The monoisotopic (exact) mass is 255 g/mol. The molecule has 0 aromatic rings. The van der Waals surface area contributed by atoms with Crippen molar-refractivity contribution < 1.29 is 9.16 Å². The third kappa shape index (κ3) is 8.79. The lowest BCUT2D eigenvalue weighted by Crippen LogP contribution is -2.26. The molecular weight excluding hydrogens is 241 g/mol. The van der Waals surface area contributed by atoms with Gasteiger partial charge in [-0.25, -0.2) is 0 Å². The molecule has 0 atom stereocenters. The second-order valence-corrected chi connectivity index (χ2v) is 9.06. The molecule has 0 aromatic carbocycles. The van der Waals surface area contributed by atoms with Crippen LogP contribution < -0.4 is 0 Å². The molecule has 0 bridgehead atoms. The Labute approximate surface area is 95.4 Å². The highest BCUT2D eigenvalue weighted by molar-refractivity contribution is 7.42. The standard InChI is InChI=1S/C8H15Cl2NO2Si/c1-2-5-13-14(9,10)8-7-12-6-3-4-11/h2-3,5-8H2,1H3. The quantitative estimate of drug-likeness (QED) is 0.381. The van der Waals surface area contributed by atoms with E-state index in [4.69, 9.17) is 36.6 Å². The Morgan fingerprint density at radius 1 is 1.29 bits per heavy atom. The van der Waals surface area contributed by atoms with E-state index in [1.165, 1.54) is 0 Å². The van der Waals surface area contributed by atoms with Gasteiger partial charge in [0.15, 0.2) is 0 Å². The van der Waals surface area contributed by atoms with Crippen molar-refractivity contribution in [3.8, 4) is 6.07 Å². The zero-order chi connectivity index (χ0) is 10.9. The van der Waals surface area contributed by atoms with Gasteiger partial charge in [-0.2, -0.15) is 5.26 Å². The molecule has 0 aliphatic heterocycles. The molecule has 0 unspecified atom stereocenters. The van der Waals surface area contributed by atoms with Crippen molar-refractivity contribution in [3.05, 3.63) is 0 Å². The van der Waals surface area contributed by atoms with Crippen LogP contribution in [0.25, 0.3) is 0 Å². The van der Waals surface area contributed by atoms with Gasteiger partial charge < -0.3 is 9.16 Å². The molecule has 0 aliphatic rings. The molecular formula is C8H15Cl2NO2Si. The lowest BCUT2D eigenvalue weighted by Gasteiger charge is -2.16. The summed E-state index contributed by atoms with van der Waals surface area (Å²) in [6.07, 6.45) is 1.30. The van der Waals surface area contributed by atoms with Gasteiger partial charge in [-0.15, -0.1) is 22.2 Å². The number of halogens is 2. The predicted molar refractivity (Wildman–Crippen MR) is 59.6 cm³/mol. The van der Waals surface area contributed by atoms with Crippen molar-refractivity contribution in [1.82, 2.24) is 0 Å². The van der Waals surface area contributed by atoms with Crippen LogP contribution in [0, 0.1) is 11.3 Å². The highest BCUT2D eigenvalue weighted by Crippen LogP contribution is 2.21. The molecule has 0 aromatic heterocycles. The lowest BCUT2D eigenvalue weighted by atomic mass is 10.5. The Balaban J connectivity index is 3.41. The molecule has 0 rings (SSSR count). The minimum Gasteiger partial charge on any atom is -0.392 e. The van der Waals surface area contributed by atoms with Crippen LogP contribution in [0.4, 0.5) is 0 Å². The third-order valence-electron chi connectivity index (χ3n) is 1.41. The fourth-order valence-corrected chi connectivity index (χ4v) is 2.69. The van der Waals surface area contributed by atoms with Crippen LogP contribution in [-0.4, -0.2) is 26.8 Å². The average molecular weight is 256 g/mol. The Morgan fingerprint density at radius 3 is 2.57 bits per heavy atom. The van der Waals surface area contributed by atoms with E-state index in [0.29, 0.717) is 32.3 Å². The van der Waals surface area contributed by atoms with Crippen LogP contribution in [0.2, 0.25) is 6.04 Å². The highest BCUT2D eigenvalue weighted by atomic mass is 35.7. The first-order chi connectivity index (χ1) is 6.62. The number of ether oxygens (including phenoxy) is 1. The summed E-state index contributed by atoms with van der Waals surface area (Å²) in [5.41, 5.74) is 0. The summed E-state index contributed by atoms with van der Waals surface area (Å²) in [5.74, 6) is 0. The maximum Gasteiger partial charge on any atom is 0.391 e. The van der Waals surface area contributed by atoms with Gasteiger partial charge in [0.05, 0.1) is 19.1 Å². The Hall–Kier alpha value is 0.207. The van der Waals surface area contributed by atoms with Crippen LogP contribution in [-0.2, 0) is 9.16 Å². The van der Waals surface area contributed by atoms with Crippen molar-refractivity contribution in [1.29, 1.82) is 5.26 Å². The fraction of sp³-hybridized carbons (Fsp3) is 0.875. The maximum absolute atomic E-state index is 8.24. The molecule has 14 heavy (non-hydrogen) atoms. The first kappa shape index (κ1) is 14.2. The molecule has 0 radical (unpaired) electrons. The first-order valence-electron chi connectivity index (χ1n) is 4.59. The summed E-state index contributed by atoms with van der Waals surface area (Å²) in [5, 5.41) is 8.24. The lowest BCUT2D eigenvalue weighted by molar-refractivity contribution is 0.150. The molecule has 82 valence electrons. The minimum atomic E-state index is -2.55. The van der Waals surface area contributed by atoms with Gasteiger partial charge in [-0.05, 0) is 6.42 Å². The van der Waals surface area contributed by atoms with Gasteiger partial charge in [-0.3, -0.25) is 0 Å². The molecule has 0 fully saturated rings. The molecule has 0 saturated heterocycles. The molecule has 6 heteroatoms. The van der Waals surface area contributed by atoms with E-state index in [2.05, 4.69) is 0 Å². The van der Waals surface area contributed by atoms with E-state index >= 15 is 0 Å². The topological polar surface area (TPSA) is 42.2 Å². The maximum atomic E-state index is 8.24. The molecule has 0 spiro atoms. The number of nitriles is 1. The van der Waals surface area contributed by atoms with Gasteiger partial charge in [0.25, 0.3) is 0 Å². The van der Waals surface area contributed by atoms with Gasteiger partial charge in [0, 0.05) is 19.3 Å². The van der Waals surface area contributed by atoms with Gasteiger partial charge in [-0.1, -0.05) is 6.92 Å². The highest BCUT2D eigenvalue weighted by Gasteiger charge is 2.29. The van der Waals surface area contributed by atoms with E-state index in [-0.39, 0.29) is 0 Å². The van der Waals surface area contributed by atoms with E-state index < -0.39 is 6.94 Å². The number of nitrogens with zero attached hydrogens (tertiary/aromatic N) is 1. The van der Waals surface area contributed by atoms with Crippen LogP contribution in [0.5, 0.6) is 0 Å². The SMILES string of the molecule is CCCO[Si](Cl)(Cl)CCOCCC#N. The molecule has 0 heterocycles. The van der Waals surface area contributed by atoms with Crippen molar-refractivity contribution in [3.63, 3.8) is 0 Å². The van der Waals surface area contributed by atoms with E-state index in [0.717, 1.165) is 6.42 Å². The largest absolute Gasteiger partial charge is 0.392 e. The molecule has 3 nitrogen and oxygen atoms in total. The van der Waals surface area contributed by atoms with Crippen molar-refractivity contribution >= 4 is 29.1 Å². The van der Waals surface area contributed by atoms with E-state index in [1.807, 2.05) is 13.0 Å². The second-order valence-electron chi connectivity index (χ2n) is 2.76. The Kier molecular flexibility index (Phi) is 8.64. The van der Waals surface area contributed by atoms with Crippen LogP contribution in [0.1, 0.15) is 19.8 Å². The Bertz CT molecular complexity index is 185.